The molecule has 0 aromatic carbocycles. The summed E-state index contributed by atoms with van der Waals surface area (Å²) in [6.45, 7) is 3.45. The zero-order valence-electron chi connectivity index (χ0n) is 9.39. The standard InChI is InChI=1S/C12H16N2O2/c1-12(11(15)16,14-7-2-3-8-14)10-5-4-6-13-9-10/h4-6,9H,2-3,7-8H2,1H3,(H,15,16). The number of aromatic nitrogens is 1. The predicted molar refractivity (Wildman–Crippen MR) is 60.0 cm³/mol. The van der Waals surface area contributed by atoms with Gasteiger partial charge >= 0.3 is 5.97 Å². The smallest absolute Gasteiger partial charge is 0.328 e. The zero-order valence-corrected chi connectivity index (χ0v) is 9.39. The topological polar surface area (TPSA) is 53.4 Å². The molecular weight excluding hydrogens is 204 g/mol. The molecule has 1 fully saturated rings. The molecule has 1 aromatic heterocycles. The molecule has 0 radical (unpaired) electrons. The Kier molecular flexibility index (Phi) is 2.92. The van der Waals surface area contributed by atoms with Crippen LogP contribution >= 0.6 is 0 Å². The first-order valence-electron chi connectivity index (χ1n) is 5.54. The van der Waals surface area contributed by atoms with Gasteiger partial charge in [-0.25, -0.2) is 4.79 Å². The number of aliphatic carboxylic acids is 1. The number of carboxylic acid groups (broad SMARTS) is 1. The first kappa shape index (κ1) is 11.1. The molecule has 1 saturated heterocycles. The average molecular weight is 220 g/mol. The molecule has 16 heavy (non-hydrogen) atoms. The van der Waals surface area contributed by atoms with Crippen molar-refractivity contribution in [2.45, 2.75) is 25.3 Å². The predicted octanol–water partition coefficient (Wildman–Crippen LogP) is 1.48. The van der Waals surface area contributed by atoms with Gasteiger partial charge < -0.3 is 5.11 Å². The minimum Gasteiger partial charge on any atom is -0.480 e. The number of hydrogen-bond donors (Lipinski definition) is 1. The summed E-state index contributed by atoms with van der Waals surface area (Å²) in [5.41, 5.74) is -0.186. The van der Waals surface area contributed by atoms with Crippen LogP contribution in [0.25, 0.3) is 0 Å². The fourth-order valence-corrected chi connectivity index (χ4v) is 2.26. The number of carboxylic acids is 1. The largest absolute Gasteiger partial charge is 0.480 e. The second kappa shape index (κ2) is 4.22. The van der Waals surface area contributed by atoms with Crippen LogP contribution in [-0.2, 0) is 10.3 Å². The van der Waals surface area contributed by atoms with Gasteiger partial charge in [-0.15, -0.1) is 0 Å². The van der Waals surface area contributed by atoms with Crippen LogP contribution in [0.5, 0.6) is 0 Å². The Bertz CT molecular complexity index is 374. The molecule has 1 atom stereocenters. The van der Waals surface area contributed by atoms with E-state index in [1.165, 1.54) is 0 Å². The Hall–Kier alpha value is -1.42. The fourth-order valence-electron chi connectivity index (χ4n) is 2.26. The van der Waals surface area contributed by atoms with Gasteiger partial charge in [0.1, 0.15) is 5.54 Å². The summed E-state index contributed by atoms with van der Waals surface area (Å²) in [5.74, 6) is -0.803. The molecule has 86 valence electrons. The number of nitrogens with zero attached hydrogens (tertiary/aromatic N) is 2. The highest BCUT2D eigenvalue weighted by Gasteiger charge is 2.42. The molecule has 0 aliphatic carbocycles. The first-order chi connectivity index (χ1) is 7.65. The van der Waals surface area contributed by atoms with E-state index in [1.807, 2.05) is 11.0 Å². The molecular formula is C12H16N2O2. The Morgan fingerprint density at radius 2 is 2.19 bits per heavy atom. The van der Waals surface area contributed by atoms with Gasteiger partial charge in [0.15, 0.2) is 0 Å². The van der Waals surface area contributed by atoms with Crippen molar-refractivity contribution in [2.24, 2.45) is 0 Å². The van der Waals surface area contributed by atoms with Gasteiger partial charge in [0.25, 0.3) is 0 Å². The summed E-state index contributed by atoms with van der Waals surface area (Å²) in [6, 6.07) is 3.62. The van der Waals surface area contributed by atoms with E-state index in [0.717, 1.165) is 31.5 Å². The minimum absolute atomic E-state index is 0.754. The van der Waals surface area contributed by atoms with Crippen molar-refractivity contribution >= 4 is 5.97 Å². The molecule has 4 nitrogen and oxygen atoms in total. The quantitative estimate of drug-likeness (QED) is 0.838. The Morgan fingerprint density at radius 3 is 2.69 bits per heavy atom. The monoisotopic (exact) mass is 220 g/mol. The second-order valence-electron chi connectivity index (χ2n) is 4.31. The highest BCUT2D eigenvalue weighted by Crippen LogP contribution is 2.31. The molecule has 1 aliphatic rings. The highest BCUT2D eigenvalue weighted by atomic mass is 16.4. The van der Waals surface area contributed by atoms with Gasteiger partial charge in [-0.05, 0) is 38.9 Å². The van der Waals surface area contributed by atoms with Crippen molar-refractivity contribution in [3.05, 3.63) is 30.1 Å². The molecule has 4 heteroatoms. The summed E-state index contributed by atoms with van der Waals surface area (Å²) in [4.78, 5) is 17.6. The van der Waals surface area contributed by atoms with E-state index in [0.29, 0.717) is 0 Å². The first-order valence-corrected chi connectivity index (χ1v) is 5.54. The van der Waals surface area contributed by atoms with Crippen LogP contribution in [-0.4, -0.2) is 34.0 Å². The number of likely N-dealkylation sites (tertiary alicyclic amines) is 1. The molecule has 1 aliphatic heterocycles. The van der Waals surface area contributed by atoms with Crippen molar-refractivity contribution in [3.63, 3.8) is 0 Å². The number of hydrogen-bond acceptors (Lipinski definition) is 3. The van der Waals surface area contributed by atoms with Crippen LogP contribution in [0.4, 0.5) is 0 Å². The van der Waals surface area contributed by atoms with E-state index in [-0.39, 0.29) is 0 Å². The Balaban J connectivity index is 2.39. The summed E-state index contributed by atoms with van der Waals surface area (Å²) < 4.78 is 0. The number of rotatable bonds is 3. The lowest BCUT2D eigenvalue weighted by Crippen LogP contribution is -2.48. The third-order valence-electron chi connectivity index (χ3n) is 3.38. The van der Waals surface area contributed by atoms with E-state index in [9.17, 15) is 9.90 Å². The van der Waals surface area contributed by atoms with E-state index in [4.69, 9.17) is 0 Å². The third kappa shape index (κ3) is 1.69. The van der Waals surface area contributed by atoms with E-state index in [2.05, 4.69) is 4.98 Å². The van der Waals surface area contributed by atoms with E-state index >= 15 is 0 Å². The van der Waals surface area contributed by atoms with Crippen LogP contribution in [0.2, 0.25) is 0 Å². The summed E-state index contributed by atoms with van der Waals surface area (Å²) in [6.07, 6.45) is 5.45. The summed E-state index contributed by atoms with van der Waals surface area (Å²) in [5, 5.41) is 9.48. The average Bonchev–Trinajstić information content (AvgIpc) is 2.82. The Morgan fingerprint density at radius 1 is 1.50 bits per heavy atom. The van der Waals surface area contributed by atoms with Crippen molar-refractivity contribution in [3.8, 4) is 0 Å². The molecule has 0 amide bonds. The van der Waals surface area contributed by atoms with Gasteiger partial charge in [-0.1, -0.05) is 6.07 Å². The SMILES string of the molecule is CC(C(=O)O)(c1cccnc1)N1CCCC1. The van der Waals surface area contributed by atoms with Gasteiger partial charge in [0.05, 0.1) is 0 Å². The van der Waals surface area contributed by atoms with E-state index < -0.39 is 11.5 Å². The van der Waals surface area contributed by atoms with Crippen molar-refractivity contribution in [1.82, 2.24) is 9.88 Å². The normalized spacial score (nSPS) is 20.6. The van der Waals surface area contributed by atoms with Crippen LogP contribution in [0, 0.1) is 0 Å². The molecule has 0 spiro atoms. The van der Waals surface area contributed by atoms with Crippen molar-refractivity contribution in [1.29, 1.82) is 0 Å². The van der Waals surface area contributed by atoms with Crippen LogP contribution in [0.3, 0.4) is 0 Å². The molecule has 2 rings (SSSR count). The molecule has 0 saturated carbocycles. The molecule has 1 aromatic rings. The fraction of sp³-hybridized carbons (Fsp3) is 0.500. The lowest BCUT2D eigenvalue weighted by Gasteiger charge is -2.34. The molecule has 1 unspecified atom stereocenters. The van der Waals surface area contributed by atoms with Crippen molar-refractivity contribution in [2.75, 3.05) is 13.1 Å². The summed E-state index contributed by atoms with van der Waals surface area (Å²) in [7, 11) is 0. The van der Waals surface area contributed by atoms with Gasteiger partial charge in [-0.3, -0.25) is 9.88 Å². The van der Waals surface area contributed by atoms with Crippen molar-refractivity contribution < 1.29 is 9.90 Å². The highest BCUT2D eigenvalue weighted by molar-refractivity contribution is 5.80. The van der Waals surface area contributed by atoms with Gasteiger partial charge in [-0.2, -0.15) is 0 Å². The molecule has 0 bridgehead atoms. The number of pyridine rings is 1. The van der Waals surface area contributed by atoms with Gasteiger partial charge in [0.2, 0.25) is 0 Å². The van der Waals surface area contributed by atoms with Crippen LogP contribution in [0.15, 0.2) is 24.5 Å². The molecule has 2 heterocycles. The maximum absolute atomic E-state index is 11.5. The van der Waals surface area contributed by atoms with Gasteiger partial charge in [0, 0.05) is 18.0 Å². The molecule has 1 N–H and O–H groups in total. The van der Waals surface area contributed by atoms with Crippen LogP contribution in [0.1, 0.15) is 25.3 Å². The van der Waals surface area contributed by atoms with Crippen LogP contribution < -0.4 is 0 Å². The summed E-state index contributed by atoms with van der Waals surface area (Å²) >= 11 is 0. The minimum atomic E-state index is -0.940. The zero-order chi connectivity index (χ0) is 11.6. The van der Waals surface area contributed by atoms with E-state index in [1.54, 1.807) is 25.4 Å². The third-order valence-corrected chi connectivity index (χ3v) is 3.38. The maximum Gasteiger partial charge on any atom is 0.328 e. The lowest BCUT2D eigenvalue weighted by atomic mass is 9.92. The second-order valence-corrected chi connectivity index (χ2v) is 4.31. The lowest BCUT2D eigenvalue weighted by molar-refractivity contribution is -0.150. The maximum atomic E-state index is 11.5. The number of carbonyl (C=O) groups is 1. The Labute approximate surface area is 94.9 Å².